The second kappa shape index (κ2) is 12.3. The number of aryl methyl sites for hydroxylation is 1. The van der Waals surface area contributed by atoms with E-state index in [4.69, 9.17) is 21.2 Å². The first-order valence-electron chi connectivity index (χ1n) is 10.5. The third kappa shape index (κ3) is 7.89. The zero-order chi connectivity index (χ0) is 22.7. The molecule has 0 aliphatic heterocycles. The predicted molar refractivity (Wildman–Crippen MR) is 121 cm³/mol. The molecule has 1 atom stereocenters. The van der Waals surface area contributed by atoms with Gasteiger partial charge in [0.05, 0.1) is 18.6 Å². The van der Waals surface area contributed by atoms with Crippen LogP contribution in [0, 0.1) is 5.41 Å². The Bertz CT molecular complexity index is 855. The minimum atomic E-state index is -1.11. The minimum Gasteiger partial charge on any atom is -0.447 e. The average Bonchev–Trinajstić information content (AvgIpc) is 2.78. The molecular formula is C24H30ClNO5. The molecule has 2 rings (SSSR count). The van der Waals surface area contributed by atoms with Gasteiger partial charge >= 0.3 is 12.1 Å². The summed E-state index contributed by atoms with van der Waals surface area (Å²) in [6.45, 7) is 3.46. The third-order valence-corrected chi connectivity index (χ3v) is 5.34. The van der Waals surface area contributed by atoms with E-state index in [9.17, 15) is 14.7 Å². The van der Waals surface area contributed by atoms with Gasteiger partial charge in [-0.1, -0.05) is 61.3 Å². The Morgan fingerprint density at radius 1 is 1.10 bits per heavy atom. The van der Waals surface area contributed by atoms with Crippen LogP contribution in [-0.4, -0.2) is 30.4 Å². The Labute approximate surface area is 188 Å². The van der Waals surface area contributed by atoms with Crippen molar-refractivity contribution in [3.8, 4) is 11.1 Å². The molecule has 2 N–H and O–H groups in total. The van der Waals surface area contributed by atoms with E-state index in [1.807, 2.05) is 60.9 Å². The SMILES string of the molecule is CCCCOC(=O)NOC(=O)C(C)(CO)CCCc1ccc(-c2cccc(Cl)c2)cc1. The van der Waals surface area contributed by atoms with Crippen LogP contribution in [0.4, 0.5) is 4.79 Å². The predicted octanol–water partition coefficient (Wildman–Crippen LogP) is 5.31. The molecule has 0 saturated heterocycles. The fraction of sp³-hybridized carbons (Fsp3) is 0.417. The van der Waals surface area contributed by atoms with Gasteiger partial charge in [-0.15, -0.1) is 5.48 Å². The van der Waals surface area contributed by atoms with Crippen LogP contribution in [0.15, 0.2) is 48.5 Å². The van der Waals surface area contributed by atoms with Crippen molar-refractivity contribution >= 4 is 23.7 Å². The van der Waals surface area contributed by atoms with Crippen LogP contribution < -0.4 is 5.48 Å². The molecule has 0 radical (unpaired) electrons. The van der Waals surface area contributed by atoms with Gasteiger partial charge in [-0.2, -0.15) is 0 Å². The van der Waals surface area contributed by atoms with Crippen LogP contribution in [-0.2, 0) is 20.8 Å². The van der Waals surface area contributed by atoms with Gasteiger partial charge in [-0.05, 0) is 61.4 Å². The summed E-state index contributed by atoms with van der Waals surface area (Å²) in [5.74, 6) is -0.696. The molecule has 1 amide bonds. The van der Waals surface area contributed by atoms with Crippen molar-refractivity contribution in [2.24, 2.45) is 5.41 Å². The number of carbonyl (C=O) groups is 2. The van der Waals surface area contributed by atoms with Crippen molar-refractivity contribution in [1.29, 1.82) is 0 Å². The molecule has 7 heteroatoms. The van der Waals surface area contributed by atoms with Crippen LogP contribution in [0.2, 0.25) is 5.02 Å². The number of halogens is 1. The van der Waals surface area contributed by atoms with Crippen LogP contribution in [0.1, 0.15) is 45.1 Å². The Morgan fingerprint density at radius 3 is 2.48 bits per heavy atom. The third-order valence-electron chi connectivity index (χ3n) is 5.11. The highest BCUT2D eigenvalue weighted by molar-refractivity contribution is 6.30. The molecule has 31 heavy (non-hydrogen) atoms. The molecule has 2 aromatic rings. The number of unbranched alkanes of at least 4 members (excludes halogenated alkanes) is 1. The van der Waals surface area contributed by atoms with Gasteiger partial charge in [0.1, 0.15) is 0 Å². The molecule has 168 valence electrons. The highest BCUT2D eigenvalue weighted by Crippen LogP contribution is 2.27. The van der Waals surface area contributed by atoms with Gasteiger partial charge in [-0.3, -0.25) is 0 Å². The van der Waals surface area contributed by atoms with Crippen molar-refractivity contribution in [3.63, 3.8) is 0 Å². The zero-order valence-electron chi connectivity index (χ0n) is 18.0. The number of hydrogen-bond acceptors (Lipinski definition) is 5. The number of hydrogen-bond donors (Lipinski definition) is 2. The largest absolute Gasteiger partial charge is 0.447 e. The van der Waals surface area contributed by atoms with E-state index in [-0.39, 0.29) is 13.2 Å². The van der Waals surface area contributed by atoms with Crippen molar-refractivity contribution in [2.45, 2.75) is 46.0 Å². The number of ether oxygens (including phenoxy) is 1. The summed E-state index contributed by atoms with van der Waals surface area (Å²) >= 11 is 6.06. The van der Waals surface area contributed by atoms with Gasteiger partial charge in [0.15, 0.2) is 0 Å². The number of rotatable bonds is 10. The molecule has 0 aliphatic carbocycles. The zero-order valence-corrected chi connectivity index (χ0v) is 18.8. The number of aliphatic hydroxyl groups is 1. The first-order valence-corrected chi connectivity index (χ1v) is 10.9. The molecule has 0 spiro atoms. The average molecular weight is 448 g/mol. The first kappa shape index (κ1) is 24.7. The number of aliphatic hydroxyl groups excluding tert-OH is 1. The monoisotopic (exact) mass is 447 g/mol. The second-order valence-electron chi connectivity index (χ2n) is 7.76. The highest BCUT2D eigenvalue weighted by atomic mass is 35.5. The quantitative estimate of drug-likeness (QED) is 0.380. The maximum absolute atomic E-state index is 12.3. The van der Waals surface area contributed by atoms with Gasteiger partial charge in [0.2, 0.25) is 0 Å². The summed E-state index contributed by atoms with van der Waals surface area (Å²) in [6, 6.07) is 15.8. The fourth-order valence-electron chi connectivity index (χ4n) is 3.01. The molecule has 6 nitrogen and oxygen atoms in total. The van der Waals surface area contributed by atoms with E-state index in [0.29, 0.717) is 17.9 Å². The van der Waals surface area contributed by atoms with Gasteiger partial charge in [0, 0.05) is 5.02 Å². The van der Waals surface area contributed by atoms with Crippen molar-refractivity contribution in [3.05, 3.63) is 59.1 Å². The lowest BCUT2D eigenvalue weighted by Crippen LogP contribution is -2.39. The summed E-state index contributed by atoms with van der Waals surface area (Å²) in [7, 11) is 0. The summed E-state index contributed by atoms with van der Waals surface area (Å²) in [4.78, 5) is 28.7. The van der Waals surface area contributed by atoms with E-state index in [1.54, 1.807) is 6.92 Å². The summed E-state index contributed by atoms with van der Waals surface area (Å²) < 4.78 is 4.87. The molecule has 0 saturated carbocycles. The Morgan fingerprint density at radius 2 is 1.84 bits per heavy atom. The summed E-state index contributed by atoms with van der Waals surface area (Å²) in [5.41, 5.74) is 4.12. The smallest absolute Gasteiger partial charge is 0.440 e. The fourth-order valence-corrected chi connectivity index (χ4v) is 3.20. The van der Waals surface area contributed by atoms with Crippen LogP contribution in [0.25, 0.3) is 11.1 Å². The van der Waals surface area contributed by atoms with Gasteiger partial charge < -0.3 is 14.7 Å². The summed E-state index contributed by atoms with van der Waals surface area (Å²) in [6.07, 6.45) is 2.62. The maximum Gasteiger partial charge on any atom is 0.440 e. The Balaban J connectivity index is 1.83. The van der Waals surface area contributed by atoms with E-state index < -0.39 is 17.5 Å². The lowest BCUT2D eigenvalue weighted by molar-refractivity contribution is -0.164. The number of hydroxylamine groups is 1. The number of carbonyl (C=O) groups excluding carboxylic acids is 2. The van der Waals surface area contributed by atoms with Crippen molar-refractivity contribution in [1.82, 2.24) is 5.48 Å². The standard InChI is InChI=1S/C24H30ClNO5/c1-3-4-15-30-23(29)26-31-22(28)24(2,17-27)14-6-7-18-10-12-19(13-11-18)20-8-5-9-21(25)16-20/h5,8-13,16,27H,3-4,6-7,14-15,17H2,1-2H3,(H,26,29). The van der Waals surface area contributed by atoms with E-state index in [1.165, 1.54) is 0 Å². The second-order valence-corrected chi connectivity index (χ2v) is 8.20. The Kier molecular flexibility index (Phi) is 9.82. The number of nitrogens with one attached hydrogen (secondary N) is 1. The number of amides is 1. The van der Waals surface area contributed by atoms with Crippen molar-refractivity contribution in [2.75, 3.05) is 13.2 Å². The molecule has 0 heterocycles. The molecular weight excluding hydrogens is 418 g/mol. The highest BCUT2D eigenvalue weighted by Gasteiger charge is 2.34. The molecule has 2 aromatic carbocycles. The van der Waals surface area contributed by atoms with E-state index in [0.717, 1.165) is 36.0 Å². The van der Waals surface area contributed by atoms with Gasteiger partial charge in [-0.25, -0.2) is 9.59 Å². The lowest BCUT2D eigenvalue weighted by Gasteiger charge is -2.24. The normalized spacial score (nSPS) is 12.6. The summed E-state index contributed by atoms with van der Waals surface area (Å²) in [5, 5.41) is 10.4. The van der Waals surface area contributed by atoms with Gasteiger partial charge in [0.25, 0.3) is 0 Å². The number of benzene rings is 2. The first-order chi connectivity index (χ1) is 14.9. The topological polar surface area (TPSA) is 84.9 Å². The van der Waals surface area contributed by atoms with E-state index >= 15 is 0 Å². The molecule has 0 aromatic heterocycles. The minimum absolute atomic E-state index is 0.257. The van der Waals surface area contributed by atoms with E-state index in [2.05, 4.69) is 0 Å². The van der Waals surface area contributed by atoms with Crippen LogP contribution in [0.3, 0.4) is 0 Å². The molecule has 0 fully saturated rings. The molecule has 0 bridgehead atoms. The molecule has 0 aliphatic rings. The lowest BCUT2D eigenvalue weighted by atomic mass is 9.85. The van der Waals surface area contributed by atoms with Crippen LogP contribution in [0.5, 0.6) is 0 Å². The van der Waals surface area contributed by atoms with Crippen LogP contribution >= 0.6 is 11.6 Å². The Hall–Kier alpha value is -2.57. The van der Waals surface area contributed by atoms with Crippen molar-refractivity contribution < 1.29 is 24.3 Å². The molecule has 1 unspecified atom stereocenters. The maximum atomic E-state index is 12.3.